The Bertz CT molecular complexity index is 507. The van der Waals surface area contributed by atoms with Gasteiger partial charge in [-0.05, 0) is 24.8 Å². The Morgan fingerprint density at radius 3 is 2.43 bits per heavy atom. The number of para-hydroxylation sites is 1. The van der Waals surface area contributed by atoms with Crippen molar-refractivity contribution in [3.05, 3.63) is 29.8 Å². The fourth-order valence-electron chi connectivity index (χ4n) is 2.14. The predicted molar refractivity (Wildman–Crippen MR) is 87.4 cm³/mol. The van der Waals surface area contributed by atoms with Crippen molar-refractivity contribution in [1.29, 1.82) is 0 Å². The third kappa shape index (κ3) is 4.14. The van der Waals surface area contributed by atoms with Gasteiger partial charge in [-0.25, -0.2) is 9.59 Å². The van der Waals surface area contributed by atoms with E-state index in [0.29, 0.717) is 5.69 Å². The highest BCUT2D eigenvalue weighted by Crippen LogP contribution is 2.21. The smallest absolute Gasteiger partial charge is 0.337 e. The first-order valence-electron chi connectivity index (χ1n) is 6.75. The summed E-state index contributed by atoms with van der Waals surface area (Å²) in [7, 11) is 3.36. The van der Waals surface area contributed by atoms with Crippen molar-refractivity contribution >= 4 is 29.4 Å². The maximum Gasteiger partial charge on any atom is 0.337 e. The number of hydrogen-bond donors (Lipinski definition) is 1. The number of rotatable bonds is 6. The molecular weight excluding hydrogens is 288 g/mol. The third-order valence-corrected chi connectivity index (χ3v) is 4.18. The number of hydrogen-bond acceptors (Lipinski definition) is 3. The number of benzene rings is 1. The van der Waals surface area contributed by atoms with Crippen molar-refractivity contribution in [1.82, 2.24) is 4.90 Å². The molecule has 0 aromatic heterocycles. The monoisotopic (exact) mass is 310 g/mol. The number of carboxylic acids is 1. The number of anilines is 1. The number of carbonyl (C=O) groups excluding carboxylic acids is 1. The van der Waals surface area contributed by atoms with E-state index in [-0.39, 0.29) is 17.6 Å². The van der Waals surface area contributed by atoms with Gasteiger partial charge in [-0.15, -0.1) is 0 Å². The van der Waals surface area contributed by atoms with E-state index in [4.69, 9.17) is 0 Å². The minimum Gasteiger partial charge on any atom is -0.478 e. The first-order valence-corrected chi connectivity index (χ1v) is 8.15. The molecule has 0 fully saturated rings. The second kappa shape index (κ2) is 7.93. The summed E-state index contributed by atoms with van der Waals surface area (Å²) in [5, 5.41) is 9.22. The summed E-state index contributed by atoms with van der Waals surface area (Å²) >= 11 is 1.69. The molecule has 0 heterocycles. The highest BCUT2D eigenvalue weighted by molar-refractivity contribution is 7.98. The van der Waals surface area contributed by atoms with Gasteiger partial charge < -0.3 is 10.0 Å². The van der Waals surface area contributed by atoms with Crippen molar-refractivity contribution in [3.63, 3.8) is 0 Å². The quantitative estimate of drug-likeness (QED) is 0.877. The van der Waals surface area contributed by atoms with Gasteiger partial charge in [-0.2, -0.15) is 11.8 Å². The molecule has 1 aromatic rings. The molecular formula is C15H22N2O3S. The highest BCUT2D eigenvalue weighted by Gasteiger charge is 2.24. The Kier molecular flexibility index (Phi) is 6.55. The number of nitrogens with zero attached hydrogens (tertiary/aromatic N) is 2. The van der Waals surface area contributed by atoms with E-state index in [0.717, 1.165) is 12.2 Å². The standard InChI is InChI=1S/C15H22N2O3S/c1-5-11(10-21-4)16(2)15(20)17(3)13-9-7-6-8-12(13)14(18)19/h6-9,11H,5,10H2,1-4H3,(H,18,19). The number of carboxylic acid groups (broad SMARTS) is 1. The molecule has 21 heavy (non-hydrogen) atoms. The molecule has 0 aliphatic carbocycles. The normalized spacial score (nSPS) is 11.8. The van der Waals surface area contributed by atoms with Gasteiger partial charge >= 0.3 is 12.0 Å². The van der Waals surface area contributed by atoms with Crippen molar-refractivity contribution < 1.29 is 14.7 Å². The Labute approximate surface area is 129 Å². The third-order valence-electron chi connectivity index (χ3n) is 3.46. The lowest BCUT2D eigenvalue weighted by Gasteiger charge is -2.31. The fourth-order valence-corrected chi connectivity index (χ4v) is 2.98. The maximum atomic E-state index is 12.5. The number of thioether (sulfide) groups is 1. The molecule has 0 spiro atoms. The molecule has 1 N–H and O–H groups in total. The van der Waals surface area contributed by atoms with Gasteiger partial charge in [0, 0.05) is 25.9 Å². The van der Waals surface area contributed by atoms with Crippen molar-refractivity contribution in [2.24, 2.45) is 0 Å². The van der Waals surface area contributed by atoms with E-state index < -0.39 is 5.97 Å². The second-order valence-corrected chi connectivity index (χ2v) is 5.70. The molecule has 0 saturated heterocycles. The number of aromatic carboxylic acids is 1. The van der Waals surface area contributed by atoms with Crippen LogP contribution in [-0.4, -0.2) is 54.2 Å². The highest BCUT2D eigenvalue weighted by atomic mass is 32.2. The van der Waals surface area contributed by atoms with E-state index in [1.165, 1.54) is 11.0 Å². The topological polar surface area (TPSA) is 60.9 Å². The van der Waals surface area contributed by atoms with Crippen LogP contribution in [0, 0.1) is 0 Å². The van der Waals surface area contributed by atoms with Gasteiger partial charge in [-0.1, -0.05) is 19.1 Å². The van der Waals surface area contributed by atoms with Crippen LogP contribution in [-0.2, 0) is 0 Å². The molecule has 1 atom stereocenters. The molecule has 6 heteroatoms. The molecule has 0 radical (unpaired) electrons. The molecule has 1 unspecified atom stereocenters. The van der Waals surface area contributed by atoms with Crippen LogP contribution in [0.2, 0.25) is 0 Å². The van der Waals surface area contributed by atoms with Crippen LogP contribution < -0.4 is 4.90 Å². The number of amides is 2. The van der Waals surface area contributed by atoms with Gasteiger partial charge in [0.25, 0.3) is 0 Å². The zero-order valence-corrected chi connectivity index (χ0v) is 13.7. The summed E-state index contributed by atoms with van der Waals surface area (Å²) in [5.74, 6) is -0.184. The van der Waals surface area contributed by atoms with Crippen molar-refractivity contribution in [3.8, 4) is 0 Å². The van der Waals surface area contributed by atoms with E-state index in [1.54, 1.807) is 49.0 Å². The maximum absolute atomic E-state index is 12.5. The first kappa shape index (κ1) is 17.4. The molecule has 0 aliphatic rings. The lowest BCUT2D eigenvalue weighted by molar-refractivity contribution is 0.0697. The van der Waals surface area contributed by atoms with E-state index in [2.05, 4.69) is 0 Å². The summed E-state index contributed by atoms with van der Waals surface area (Å²) in [6.07, 6.45) is 2.86. The molecule has 1 aromatic carbocycles. The first-order chi connectivity index (χ1) is 9.93. The van der Waals surface area contributed by atoms with Gasteiger partial charge in [0.1, 0.15) is 0 Å². The number of urea groups is 1. The van der Waals surface area contributed by atoms with Crippen molar-refractivity contribution in [2.45, 2.75) is 19.4 Å². The Balaban J connectivity index is 3.00. The molecule has 5 nitrogen and oxygen atoms in total. The van der Waals surface area contributed by atoms with Crippen LogP contribution >= 0.6 is 11.8 Å². The lowest BCUT2D eigenvalue weighted by Crippen LogP contribution is -2.45. The van der Waals surface area contributed by atoms with Gasteiger partial charge in [0.15, 0.2) is 0 Å². The zero-order chi connectivity index (χ0) is 16.0. The average Bonchev–Trinajstić information content (AvgIpc) is 2.50. The summed E-state index contributed by atoms with van der Waals surface area (Å²) in [4.78, 5) is 26.9. The fraction of sp³-hybridized carbons (Fsp3) is 0.467. The predicted octanol–water partition coefficient (Wildman–Crippen LogP) is 3.01. The van der Waals surface area contributed by atoms with Crippen molar-refractivity contribution in [2.75, 3.05) is 31.0 Å². The molecule has 0 bridgehead atoms. The lowest BCUT2D eigenvalue weighted by atomic mass is 10.1. The second-order valence-electron chi connectivity index (χ2n) is 4.79. The molecule has 1 rings (SSSR count). The minimum absolute atomic E-state index is 0.125. The van der Waals surface area contributed by atoms with Crippen LogP contribution in [0.25, 0.3) is 0 Å². The number of carbonyl (C=O) groups is 2. The largest absolute Gasteiger partial charge is 0.478 e. The van der Waals surface area contributed by atoms with E-state index in [9.17, 15) is 14.7 Å². The average molecular weight is 310 g/mol. The molecule has 116 valence electrons. The van der Waals surface area contributed by atoms with Crippen LogP contribution in [0.1, 0.15) is 23.7 Å². The van der Waals surface area contributed by atoms with E-state index in [1.807, 2.05) is 13.2 Å². The molecule has 0 saturated carbocycles. The Hall–Kier alpha value is -1.69. The summed E-state index contributed by atoms with van der Waals surface area (Å²) in [6.45, 7) is 2.04. The summed E-state index contributed by atoms with van der Waals surface area (Å²) in [6, 6.07) is 6.45. The SMILES string of the molecule is CCC(CSC)N(C)C(=O)N(C)c1ccccc1C(=O)O. The van der Waals surface area contributed by atoms with Gasteiger partial charge in [0.05, 0.1) is 11.3 Å². The Morgan fingerprint density at radius 1 is 1.29 bits per heavy atom. The summed E-state index contributed by atoms with van der Waals surface area (Å²) < 4.78 is 0. The van der Waals surface area contributed by atoms with Crippen LogP contribution in [0.4, 0.5) is 10.5 Å². The van der Waals surface area contributed by atoms with E-state index >= 15 is 0 Å². The van der Waals surface area contributed by atoms with Gasteiger partial charge in [0.2, 0.25) is 0 Å². The summed E-state index contributed by atoms with van der Waals surface area (Å²) in [5.41, 5.74) is 0.528. The Morgan fingerprint density at radius 2 is 1.90 bits per heavy atom. The minimum atomic E-state index is -1.04. The van der Waals surface area contributed by atoms with Crippen LogP contribution in [0.15, 0.2) is 24.3 Å². The zero-order valence-electron chi connectivity index (χ0n) is 12.9. The van der Waals surface area contributed by atoms with Crippen LogP contribution in [0.3, 0.4) is 0 Å². The van der Waals surface area contributed by atoms with Crippen LogP contribution in [0.5, 0.6) is 0 Å². The van der Waals surface area contributed by atoms with Gasteiger partial charge in [-0.3, -0.25) is 4.90 Å². The molecule has 2 amide bonds. The molecule has 0 aliphatic heterocycles.